The fourth-order valence-corrected chi connectivity index (χ4v) is 1.31. The summed E-state index contributed by atoms with van der Waals surface area (Å²) in [7, 11) is 0. The van der Waals surface area contributed by atoms with E-state index in [-0.39, 0.29) is 0 Å². The number of hydrogen-bond acceptors (Lipinski definition) is 0. The Bertz CT molecular complexity index is 216. The van der Waals surface area contributed by atoms with Crippen molar-refractivity contribution in [3.63, 3.8) is 0 Å². The van der Waals surface area contributed by atoms with Gasteiger partial charge >= 0.3 is 0 Å². The van der Waals surface area contributed by atoms with E-state index < -0.39 is 0 Å². The SMILES string of the molecule is CCC1=CC=C(C)C=CC1C. The van der Waals surface area contributed by atoms with Crippen LogP contribution in [0.1, 0.15) is 27.2 Å². The van der Waals surface area contributed by atoms with Crippen molar-refractivity contribution in [1.82, 2.24) is 0 Å². The van der Waals surface area contributed by atoms with Gasteiger partial charge < -0.3 is 0 Å². The zero-order valence-electron chi connectivity index (χ0n) is 7.59. The van der Waals surface area contributed by atoms with Crippen molar-refractivity contribution in [2.45, 2.75) is 27.2 Å². The van der Waals surface area contributed by atoms with Gasteiger partial charge in [0.2, 0.25) is 0 Å². The van der Waals surface area contributed by atoms with Gasteiger partial charge in [-0.3, -0.25) is 0 Å². The van der Waals surface area contributed by atoms with E-state index in [1.807, 2.05) is 0 Å². The maximum Gasteiger partial charge on any atom is -0.00454 e. The molecule has 0 heterocycles. The Morgan fingerprint density at radius 1 is 1.36 bits per heavy atom. The highest BCUT2D eigenvalue weighted by molar-refractivity contribution is 5.31. The van der Waals surface area contributed by atoms with Crippen molar-refractivity contribution in [3.05, 3.63) is 35.5 Å². The number of allylic oxidation sites excluding steroid dienone is 6. The van der Waals surface area contributed by atoms with Gasteiger partial charge in [0, 0.05) is 0 Å². The molecule has 0 aliphatic heterocycles. The summed E-state index contributed by atoms with van der Waals surface area (Å²) >= 11 is 0. The smallest absolute Gasteiger partial charge is 0.00454 e. The highest BCUT2D eigenvalue weighted by Crippen LogP contribution is 2.19. The van der Waals surface area contributed by atoms with E-state index in [9.17, 15) is 0 Å². The third-order valence-electron chi connectivity index (χ3n) is 2.20. The summed E-state index contributed by atoms with van der Waals surface area (Å²) in [6.45, 7) is 6.60. The van der Waals surface area contributed by atoms with Crippen molar-refractivity contribution in [2.24, 2.45) is 5.92 Å². The lowest BCUT2D eigenvalue weighted by atomic mass is 9.99. The Morgan fingerprint density at radius 2 is 2.09 bits per heavy atom. The Kier molecular flexibility index (Phi) is 2.70. The molecule has 0 heteroatoms. The number of rotatable bonds is 1. The zero-order valence-corrected chi connectivity index (χ0v) is 7.59. The maximum absolute atomic E-state index is 2.27. The summed E-state index contributed by atoms with van der Waals surface area (Å²) in [6.07, 6.45) is 10.1. The molecule has 1 aliphatic rings. The molecule has 0 N–H and O–H groups in total. The van der Waals surface area contributed by atoms with Crippen LogP contribution >= 0.6 is 0 Å². The molecule has 1 rings (SSSR count). The lowest BCUT2D eigenvalue weighted by Gasteiger charge is -2.06. The van der Waals surface area contributed by atoms with Gasteiger partial charge in [0.1, 0.15) is 0 Å². The maximum atomic E-state index is 2.27. The molecule has 0 bridgehead atoms. The van der Waals surface area contributed by atoms with Crippen LogP contribution in [-0.4, -0.2) is 0 Å². The van der Waals surface area contributed by atoms with Gasteiger partial charge in [-0.05, 0) is 19.3 Å². The molecule has 1 aliphatic carbocycles. The summed E-state index contributed by atoms with van der Waals surface area (Å²) in [5.74, 6) is 0.619. The molecule has 0 aromatic rings. The predicted octanol–water partition coefficient (Wildman–Crippen LogP) is 3.48. The molecule has 0 nitrogen and oxygen atoms in total. The van der Waals surface area contributed by atoms with E-state index in [1.165, 1.54) is 11.1 Å². The first-order valence-electron chi connectivity index (χ1n) is 4.29. The molecule has 0 aromatic heterocycles. The second kappa shape index (κ2) is 3.56. The van der Waals surface area contributed by atoms with Crippen LogP contribution in [-0.2, 0) is 0 Å². The third kappa shape index (κ3) is 2.07. The molecule has 0 fully saturated rings. The summed E-state index contributed by atoms with van der Waals surface area (Å²) in [5, 5.41) is 0. The fourth-order valence-electron chi connectivity index (χ4n) is 1.31. The quantitative estimate of drug-likeness (QED) is 0.534. The molecule has 0 aromatic carbocycles. The van der Waals surface area contributed by atoms with Gasteiger partial charge in [0.05, 0.1) is 0 Å². The second-order valence-electron chi connectivity index (χ2n) is 3.15. The Balaban J connectivity index is 2.86. The summed E-state index contributed by atoms with van der Waals surface area (Å²) in [6, 6.07) is 0. The van der Waals surface area contributed by atoms with Crippen molar-refractivity contribution < 1.29 is 0 Å². The van der Waals surface area contributed by atoms with E-state index in [2.05, 4.69) is 45.1 Å². The lowest BCUT2D eigenvalue weighted by molar-refractivity contribution is 0.811. The van der Waals surface area contributed by atoms with Gasteiger partial charge in [0.25, 0.3) is 0 Å². The summed E-state index contributed by atoms with van der Waals surface area (Å²) in [4.78, 5) is 0. The zero-order chi connectivity index (χ0) is 8.27. The van der Waals surface area contributed by atoms with E-state index >= 15 is 0 Å². The standard InChI is InChI=1S/C11H16/c1-4-11-8-6-9(2)5-7-10(11)3/h5-8,10H,4H2,1-3H3. The lowest BCUT2D eigenvalue weighted by Crippen LogP contribution is -1.92. The minimum absolute atomic E-state index is 0.619. The van der Waals surface area contributed by atoms with Crippen LogP contribution < -0.4 is 0 Å². The molecule has 0 radical (unpaired) electrons. The average molecular weight is 148 g/mol. The first kappa shape index (κ1) is 8.32. The first-order chi connectivity index (χ1) is 5.24. The van der Waals surface area contributed by atoms with E-state index in [4.69, 9.17) is 0 Å². The largest absolute Gasteiger partial charge is 0.0774 e. The molecular formula is C11H16. The van der Waals surface area contributed by atoms with Crippen LogP contribution in [0, 0.1) is 5.92 Å². The highest BCUT2D eigenvalue weighted by atomic mass is 14.1. The van der Waals surface area contributed by atoms with Crippen molar-refractivity contribution in [3.8, 4) is 0 Å². The van der Waals surface area contributed by atoms with E-state index in [1.54, 1.807) is 0 Å². The van der Waals surface area contributed by atoms with Crippen LogP contribution in [0.2, 0.25) is 0 Å². The Morgan fingerprint density at radius 3 is 2.73 bits per heavy atom. The van der Waals surface area contributed by atoms with Crippen LogP contribution in [0.4, 0.5) is 0 Å². The van der Waals surface area contributed by atoms with Gasteiger partial charge in [-0.2, -0.15) is 0 Å². The average Bonchev–Trinajstić information content (AvgIpc) is 2.15. The summed E-state index contributed by atoms with van der Waals surface area (Å²) in [5.41, 5.74) is 2.87. The summed E-state index contributed by atoms with van der Waals surface area (Å²) < 4.78 is 0. The number of hydrogen-bond donors (Lipinski definition) is 0. The van der Waals surface area contributed by atoms with Gasteiger partial charge in [0.15, 0.2) is 0 Å². The normalized spacial score (nSPS) is 24.1. The first-order valence-corrected chi connectivity index (χ1v) is 4.29. The van der Waals surface area contributed by atoms with E-state index in [0.717, 1.165) is 6.42 Å². The fraction of sp³-hybridized carbons (Fsp3) is 0.455. The molecule has 60 valence electrons. The minimum Gasteiger partial charge on any atom is -0.0774 e. The van der Waals surface area contributed by atoms with Gasteiger partial charge in [-0.15, -0.1) is 0 Å². The second-order valence-corrected chi connectivity index (χ2v) is 3.15. The van der Waals surface area contributed by atoms with Crippen molar-refractivity contribution >= 4 is 0 Å². The monoisotopic (exact) mass is 148 g/mol. The van der Waals surface area contributed by atoms with Crippen LogP contribution in [0.25, 0.3) is 0 Å². The Hall–Kier alpha value is -0.780. The molecule has 1 unspecified atom stereocenters. The van der Waals surface area contributed by atoms with E-state index in [0.29, 0.717) is 5.92 Å². The minimum atomic E-state index is 0.619. The topological polar surface area (TPSA) is 0 Å². The van der Waals surface area contributed by atoms with Crippen LogP contribution in [0.15, 0.2) is 35.5 Å². The van der Waals surface area contributed by atoms with Gasteiger partial charge in [-0.1, -0.05) is 49.3 Å². The van der Waals surface area contributed by atoms with Crippen molar-refractivity contribution in [2.75, 3.05) is 0 Å². The third-order valence-corrected chi connectivity index (χ3v) is 2.20. The van der Waals surface area contributed by atoms with Crippen LogP contribution in [0.3, 0.4) is 0 Å². The molecular weight excluding hydrogens is 132 g/mol. The highest BCUT2D eigenvalue weighted by Gasteiger charge is 2.03. The Labute approximate surface area is 69.3 Å². The predicted molar refractivity (Wildman–Crippen MR) is 50.4 cm³/mol. The molecule has 0 amide bonds. The van der Waals surface area contributed by atoms with Crippen molar-refractivity contribution in [1.29, 1.82) is 0 Å². The van der Waals surface area contributed by atoms with Crippen LogP contribution in [0.5, 0.6) is 0 Å². The molecule has 0 saturated heterocycles. The molecule has 0 saturated carbocycles. The molecule has 0 spiro atoms. The molecule has 11 heavy (non-hydrogen) atoms. The van der Waals surface area contributed by atoms with Gasteiger partial charge in [-0.25, -0.2) is 0 Å². The molecule has 1 atom stereocenters.